The van der Waals surface area contributed by atoms with E-state index in [0.717, 1.165) is 27.8 Å². The van der Waals surface area contributed by atoms with Gasteiger partial charge in [0.15, 0.2) is 11.5 Å². The minimum absolute atomic E-state index is 0.0245. The molecule has 1 aliphatic heterocycles. The number of fused-ring (bicyclic) bond motifs is 2. The van der Waals surface area contributed by atoms with Crippen molar-refractivity contribution in [2.45, 2.75) is 19.3 Å². The van der Waals surface area contributed by atoms with Gasteiger partial charge in [0, 0.05) is 23.0 Å². The molecule has 0 saturated heterocycles. The van der Waals surface area contributed by atoms with Crippen LogP contribution in [0.1, 0.15) is 17.8 Å². The Morgan fingerprint density at radius 2 is 1.96 bits per heavy atom. The van der Waals surface area contributed by atoms with E-state index in [1.807, 2.05) is 24.3 Å². The van der Waals surface area contributed by atoms with Crippen LogP contribution < -0.4 is 14.8 Å². The number of benzene rings is 2. The summed E-state index contributed by atoms with van der Waals surface area (Å²) in [5, 5.41) is 4.00. The summed E-state index contributed by atoms with van der Waals surface area (Å²) in [6, 6.07) is 11.7. The molecule has 0 spiro atoms. The van der Waals surface area contributed by atoms with Crippen LogP contribution in [0.3, 0.4) is 0 Å². The zero-order valence-corrected chi connectivity index (χ0v) is 16.4. The highest BCUT2D eigenvalue weighted by atomic mass is 79.9. The molecule has 1 aliphatic rings. The molecule has 2 aromatic carbocycles. The van der Waals surface area contributed by atoms with Crippen LogP contribution in [0.4, 0.5) is 5.69 Å². The average molecular weight is 433 g/mol. The minimum atomic E-state index is -0.0245. The van der Waals surface area contributed by atoms with Gasteiger partial charge in [-0.05, 0) is 40.9 Å². The smallest absolute Gasteiger partial charge is 0.224 e. The molecule has 0 fully saturated rings. The Kier molecular flexibility index (Phi) is 5.08. The summed E-state index contributed by atoms with van der Waals surface area (Å²) in [6.07, 6.45) is 2.00. The Morgan fingerprint density at radius 3 is 2.77 bits per heavy atom. The number of thiazole rings is 1. The lowest BCUT2D eigenvalue weighted by atomic mass is 10.2. The fraction of sp³-hybridized carbons (Fsp3) is 0.263. The molecule has 0 aliphatic carbocycles. The molecular weight excluding hydrogens is 416 g/mol. The highest BCUT2D eigenvalue weighted by molar-refractivity contribution is 9.10. The normalized spacial score (nSPS) is 13.0. The molecular formula is C19H17BrN2O3S. The van der Waals surface area contributed by atoms with Crippen LogP contribution in [0.25, 0.3) is 10.2 Å². The number of hydrogen-bond donors (Lipinski definition) is 1. The van der Waals surface area contributed by atoms with E-state index in [0.29, 0.717) is 36.8 Å². The molecule has 1 aromatic heterocycles. The first kappa shape index (κ1) is 17.3. The SMILES string of the molecule is O=C(CCCc1nc2ccccc2s1)Nc1cc2c(cc1Br)OCCO2. The molecule has 134 valence electrons. The summed E-state index contributed by atoms with van der Waals surface area (Å²) >= 11 is 5.16. The van der Waals surface area contributed by atoms with Gasteiger partial charge >= 0.3 is 0 Å². The Balaban J connectivity index is 1.34. The molecule has 1 N–H and O–H groups in total. The molecule has 0 radical (unpaired) electrons. The van der Waals surface area contributed by atoms with E-state index in [1.54, 1.807) is 17.4 Å². The first-order chi connectivity index (χ1) is 12.7. The second kappa shape index (κ2) is 7.63. The Morgan fingerprint density at radius 1 is 1.19 bits per heavy atom. The average Bonchev–Trinajstić information content (AvgIpc) is 3.05. The standard InChI is InChI=1S/C19H17BrN2O3S/c20-12-10-15-16(25-9-8-24-15)11-14(12)21-18(23)6-3-7-19-22-13-4-1-2-5-17(13)26-19/h1-2,4-5,10-11H,3,6-9H2,(H,21,23). The number of carbonyl (C=O) groups excluding carboxylic acids is 1. The van der Waals surface area contributed by atoms with Crippen molar-refractivity contribution in [1.82, 2.24) is 4.98 Å². The lowest BCUT2D eigenvalue weighted by Crippen LogP contribution is -2.16. The summed E-state index contributed by atoms with van der Waals surface area (Å²) in [7, 11) is 0. The highest BCUT2D eigenvalue weighted by Crippen LogP contribution is 2.38. The molecule has 0 bridgehead atoms. The molecule has 26 heavy (non-hydrogen) atoms. The van der Waals surface area contributed by atoms with Gasteiger partial charge < -0.3 is 14.8 Å². The summed E-state index contributed by atoms with van der Waals surface area (Å²) in [4.78, 5) is 16.9. The molecule has 0 atom stereocenters. The monoisotopic (exact) mass is 432 g/mol. The number of aryl methyl sites for hydroxylation is 1. The van der Waals surface area contributed by atoms with Gasteiger partial charge in [0.25, 0.3) is 0 Å². The fourth-order valence-electron chi connectivity index (χ4n) is 2.80. The number of anilines is 1. The highest BCUT2D eigenvalue weighted by Gasteiger charge is 2.16. The Hall–Kier alpha value is -2.12. The number of amides is 1. The van der Waals surface area contributed by atoms with Crippen molar-refractivity contribution in [2.75, 3.05) is 18.5 Å². The van der Waals surface area contributed by atoms with E-state index in [4.69, 9.17) is 9.47 Å². The predicted octanol–water partition coefficient (Wildman–Crippen LogP) is 4.79. The van der Waals surface area contributed by atoms with E-state index in [9.17, 15) is 4.79 Å². The van der Waals surface area contributed by atoms with Crippen LogP contribution in [0.5, 0.6) is 11.5 Å². The van der Waals surface area contributed by atoms with Crippen molar-refractivity contribution in [1.29, 1.82) is 0 Å². The minimum Gasteiger partial charge on any atom is -0.486 e. The Bertz CT molecular complexity index is 924. The third kappa shape index (κ3) is 3.83. The lowest BCUT2D eigenvalue weighted by Gasteiger charge is -2.20. The lowest BCUT2D eigenvalue weighted by molar-refractivity contribution is -0.116. The molecule has 2 heterocycles. The van der Waals surface area contributed by atoms with E-state index in [2.05, 4.69) is 32.3 Å². The van der Waals surface area contributed by atoms with Gasteiger partial charge in [0.05, 0.1) is 20.9 Å². The van der Waals surface area contributed by atoms with Crippen LogP contribution in [-0.2, 0) is 11.2 Å². The second-order valence-electron chi connectivity index (χ2n) is 5.95. The van der Waals surface area contributed by atoms with E-state index in [1.165, 1.54) is 4.70 Å². The Labute approximate surface area is 163 Å². The number of hydrogen-bond acceptors (Lipinski definition) is 5. The summed E-state index contributed by atoms with van der Waals surface area (Å²) in [5.41, 5.74) is 1.72. The van der Waals surface area contributed by atoms with Crippen LogP contribution in [-0.4, -0.2) is 24.1 Å². The number of rotatable bonds is 5. The molecule has 0 unspecified atom stereocenters. The number of para-hydroxylation sites is 1. The van der Waals surface area contributed by atoms with Gasteiger partial charge in [-0.3, -0.25) is 4.79 Å². The van der Waals surface area contributed by atoms with Gasteiger partial charge in [-0.15, -0.1) is 11.3 Å². The van der Waals surface area contributed by atoms with Gasteiger partial charge in [-0.25, -0.2) is 4.98 Å². The van der Waals surface area contributed by atoms with Crippen LogP contribution >= 0.6 is 27.3 Å². The quantitative estimate of drug-likeness (QED) is 0.629. The first-order valence-corrected chi connectivity index (χ1v) is 10.0. The second-order valence-corrected chi connectivity index (χ2v) is 7.92. The number of halogens is 1. The van der Waals surface area contributed by atoms with Crippen LogP contribution in [0, 0.1) is 0 Å². The van der Waals surface area contributed by atoms with Crippen molar-refractivity contribution in [2.24, 2.45) is 0 Å². The summed E-state index contributed by atoms with van der Waals surface area (Å²) in [6.45, 7) is 1.06. The van der Waals surface area contributed by atoms with Crippen molar-refractivity contribution >= 4 is 49.1 Å². The van der Waals surface area contributed by atoms with E-state index >= 15 is 0 Å². The van der Waals surface area contributed by atoms with Gasteiger partial charge in [0.1, 0.15) is 13.2 Å². The van der Waals surface area contributed by atoms with Crippen molar-refractivity contribution in [3.05, 3.63) is 45.9 Å². The maximum atomic E-state index is 12.3. The van der Waals surface area contributed by atoms with E-state index in [-0.39, 0.29) is 5.91 Å². The topological polar surface area (TPSA) is 60.5 Å². The zero-order valence-electron chi connectivity index (χ0n) is 14.0. The van der Waals surface area contributed by atoms with Crippen LogP contribution in [0.2, 0.25) is 0 Å². The molecule has 0 saturated carbocycles. The number of nitrogens with zero attached hydrogens (tertiary/aromatic N) is 1. The maximum absolute atomic E-state index is 12.3. The molecule has 3 aromatic rings. The zero-order chi connectivity index (χ0) is 17.9. The van der Waals surface area contributed by atoms with Crippen molar-refractivity contribution in [3.63, 3.8) is 0 Å². The number of carbonyl (C=O) groups is 1. The fourth-order valence-corrected chi connectivity index (χ4v) is 4.23. The third-order valence-electron chi connectivity index (χ3n) is 4.04. The molecule has 1 amide bonds. The van der Waals surface area contributed by atoms with Gasteiger partial charge in [-0.2, -0.15) is 0 Å². The molecule has 5 nitrogen and oxygen atoms in total. The summed E-state index contributed by atoms with van der Waals surface area (Å²) < 4.78 is 13.1. The van der Waals surface area contributed by atoms with Crippen LogP contribution in [0.15, 0.2) is 40.9 Å². The van der Waals surface area contributed by atoms with Gasteiger partial charge in [-0.1, -0.05) is 12.1 Å². The first-order valence-electron chi connectivity index (χ1n) is 8.42. The van der Waals surface area contributed by atoms with Gasteiger partial charge in [0.2, 0.25) is 5.91 Å². The van der Waals surface area contributed by atoms with Crippen molar-refractivity contribution in [3.8, 4) is 11.5 Å². The number of ether oxygens (including phenoxy) is 2. The van der Waals surface area contributed by atoms with Crippen molar-refractivity contribution < 1.29 is 14.3 Å². The summed E-state index contributed by atoms with van der Waals surface area (Å²) in [5.74, 6) is 1.32. The molecule has 7 heteroatoms. The number of aromatic nitrogens is 1. The third-order valence-corrected chi connectivity index (χ3v) is 5.79. The largest absolute Gasteiger partial charge is 0.486 e. The molecule has 4 rings (SSSR count). The van der Waals surface area contributed by atoms with E-state index < -0.39 is 0 Å². The maximum Gasteiger partial charge on any atom is 0.224 e. The number of nitrogens with one attached hydrogen (secondary N) is 1. The predicted molar refractivity (Wildman–Crippen MR) is 106 cm³/mol.